The van der Waals surface area contributed by atoms with Crippen molar-refractivity contribution in [3.8, 4) is 0 Å². The molecule has 1 saturated carbocycles. The van der Waals surface area contributed by atoms with Gasteiger partial charge in [0, 0.05) is 11.0 Å². The smallest absolute Gasteiger partial charge is 0.212 e. The number of hydrogen-bond acceptors (Lipinski definition) is 2. The van der Waals surface area contributed by atoms with Gasteiger partial charge >= 0.3 is 0 Å². The van der Waals surface area contributed by atoms with Crippen molar-refractivity contribution in [2.45, 2.75) is 38.6 Å². The van der Waals surface area contributed by atoms with Crippen LogP contribution in [0.25, 0.3) is 0 Å². The summed E-state index contributed by atoms with van der Waals surface area (Å²) >= 11 is 3.36. The van der Waals surface area contributed by atoms with E-state index in [-0.39, 0.29) is 5.75 Å². The fourth-order valence-corrected chi connectivity index (χ4v) is 4.24. The van der Waals surface area contributed by atoms with E-state index in [1.54, 1.807) is 0 Å². The lowest BCUT2D eigenvalue weighted by Gasteiger charge is -2.21. The first-order valence-corrected chi connectivity index (χ1v) is 9.21. The monoisotopic (exact) mass is 345 g/mol. The van der Waals surface area contributed by atoms with E-state index in [1.165, 1.54) is 19.3 Å². The highest BCUT2D eigenvalue weighted by molar-refractivity contribution is 9.10. The molecule has 0 aromatic heterocycles. The fourth-order valence-electron chi connectivity index (χ4n) is 2.52. The van der Waals surface area contributed by atoms with E-state index < -0.39 is 10.0 Å². The molecule has 5 heteroatoms. The fraction of sp³-hybridized carbons (Fsp3) is 0.571. The summed E-state index contributed by atoms with van der Waals surface area (Å²) < 4.78 is 27.7. The van der Waals surface area contributed by atoms with Gasteiger partial charge in [-0.2, -0.15) is 0 Å². The molecule has 3 nitrogen and oxygen atoms in total. The Bertz CT molecular complexity index is 493. The van der Waals surface area contributed by atoms with E-state index in [1.807, 2.05) is 24.3 Å². The van der Waals surface area contributed by atoms with Gasteiger partial charge in [0.1, 0.15) is 0 Å². The molecule has 0 heterocycles. The summed E-state index contributed by atoms with van der Waals surface area (Å²) in [6.45, 7) is 0.377. The average Bonchev–Trinajstić information content (AvgIpc) is 2.39. The Labute approximate surface area is 124 Å². The van der Waals surface area contributed by atoms with Gasteiger partial charge < -0.3 is 0 Å². The zero-order valence-electron chi connectivity index (χ0n) is 10.9. The van der Waals surface area contributed by atoms with Crippen LogP contribution in [0.4, 0.5) is 0 Å². The number of halogens is 1. The van der Waals surface area contributed by atoms with Crippen molar-refractivity contribution in [1.82, 2.24) is 4.72 Å². The van der Waals surface area contributed by atoms with Gasteiger partial charge in [0.15, 0.2) is 0 Å². The minimum absolute atomic E-state index is 0.281. The lowest BCUT2D eigenvalue weighted by molar-refractivity contribution is 0.384. The minimum Gasteiger partial charge on any atom is -0.212 e. The van der Waals surface area contributed by atoms with E-state index in [0.717, 1.165) is 22.9 Å². The molecule has 1 aliphatic rings. The first-order valence-electron chi connectivity index (χ1n) is 6.77. The summed E-state index contributed by atoms with van der Waals surface area (Å²) in [5, 5.41) is 0. The minimum atomic E-state index is -3.15. The van der Waals surface area contributed by atoms with Crippen LogP contribution in [0.1, 0.15) is 37.7 Å². The largest absolute Gasteiger partial charge is 0.212 e. The molecule has 0 aliphatic heterocycles. The second-order valence-electron chi connectivity index (χ2n) is 5.23. The van der Waals surface area contributed by atoms with Crippen LogP contribution in [0.5, 0.6) is 0 Å². The zero-order valence-corrected chi connectivity index (χ0v) is 13.3. The van der Waals surface area contributed by atoms with Crippen LogP contribution < -0.4 is 4.72 Å². The van der Waals surface area contributed by atoms with Crippen molar-refractivity contribution in [3.63, 3.8) is 0 Å². The van der Waals surface area contributed by atoms with E-state index in [2.05, 4.69) is 20.7 Å². The number of benzene rings is 1. The van der Waals surface area contributed by atoms with Crippen molar-refractivity contribution in [3.05, 3.63) is 34.3 Å². The molecular formula is C14H20BrNO2S. The highest BCUT2D eigenvalue weighted by atomic mass is 79.9. The molecular weight excluding hydrogens is 326 g/mol. The highest BCUT2D eigenvalue weighted by Gasteiger charge is 2.20. The molecule has 19 heavy (non-hydrogen) atoms. The van der Waals surface area contributed by atoms with Crippen LogP contribution in [0.2, 0.25) is 0 Å². The lowest BCUT2D eigenvalue weighted by Crippen LogP contribution is -2.30. The molecule has 0 bridgehead atoms. The lowest BCUT2D eigenvalue weighted by atomic mass is 9.91. The summed E-state index contributed by atoms with van der Waals surface area (Å²) in [5.41, 5.74) is 0.982. The quantitative estimate of drug-likeness (QED) is 0.888. The highest BCUT2D eigenvalue weighted by Crippen LogP contribution is 2.24. The number of nitrogens with one attached hydrogen (secondary N) is 1. The zero-order chi connectivity index (χ0) is 13.7. The summed E-state index contributed by atoms with van der Waals surface area (Å²) in [5.74, 6) is 0.625. The van der Waals surface area contributed by atoms with Crippen molar-refractivity contribution >= 4 is 26.0 Å². The second-order valence-corrected chi connectivity index (χ2v) is 8.00. The number of hydrogen-bond donors (Lipinski definition) is 1. The normalized spacial score (nSPS) is 17.5. The third-order valence-electron chi connectivity index (χ3n) is 3.59. The SMILES string of the molecule is O=S(=O)(CC1CCCCC1)NCc1ccc(Br)cc1. The van der Waals surface area contributed by atoms with Crippen LogP contribution in [0.15, 0.2) is 28.7 Å². The molecule has 1 fully saturated rings. The van der Waals surface area contributed by atoms with E-state index in [0.29, 0.717) is 12.5 Å². The first kappa shape index (κ1) is 15.0. The molecule has 0 saturated heterocycles. The summed E-state index contributed by atoms with van der Waals surface area (Å²) in [6, 6.07) is 7.69. The Morgan fingerprint density at radius 1 is 1.11 bits per heavy atom. The topological polar surface area (TPSA) is 46.2 Å². The Hall–Kier alpha value is -0.390. The Kier molecular flexibility index (Phi) is 5.42. The van der Waals surface area contributed by atoms with Gasteiger partial charge in [-0.05, 0) is 36.5 Å². The molecule has 0 unspecified atom stereocenters. The van der Waals surface area contributed by atoms with Gasteiger partial charge in [-0.25, -0.2) is 13.1 Å². The maximum absolute atomic E-state index is 12.0. The molecule has 1 aromatic rings. The van der Waals surface area contributed by atoms with Crippen LogP contribution in [-0.4, -0.2) is 14.2 Å². The average molecular weight is 346 g/mol. The molecule has 2 rings (SSSR count). The van der Waals surface area contributed by atoms with Crippen molar-refractivity contribution in [2.75, 3.05) is 5.75 Å². The number of rotatable bonds is 5. The summed E-state index contributed by atoms with van der Waals surface area (Å²) in [7, 11) is -3.15. The Morgan fingerprint density at radius 3 is 2.37 bits per heavy atom. The van der Waals surface area contributed by atoms with Crippen LogP contribution >= 0.6 is 15.9 Å². The predicted octanol–water partition coefficient (Wildman–Crippen LogP) is 3.45. The van der Waals surface area contributed by atoms with Crippen LogP contribution in [-0.2, 0) is 16.6 Å². The second kappa shape index (κ2) is 6.86. The molecule has 0 atom stereocenters. The van der Waals surface area contributed by atoms with Gasteiger partial charge in [0.2, 0.25) is 10.0 Å². The summed E-state index contributed by atoms with van der Waals surface area (Å²) in [4.78, 5) is 0. The molecule has 106 valence electrons. The van der Waals surface area contributed by atoms with Gasteiger partial charge in [0.25, 0.3) is 0 Å². The van der Waals surface area contributed by atoms with Gasteiger partial charge in [-0.3, -0.25) is 0 Å². The van der Waals surface area contributed by atoms with E-state index >= 15 is 0 Å². The van der Waals surface area contributed by atoms with Crippen molar-refractivity contribution in [2.24, 2.45) is 5.92 Å². The molecule has 0 amide bonds. The standard InChI is InChI=1S/C14H20BrNO2S/c15-14-8-6-12(7-9-14)10-16-19(17,18)11-13-4-2-1-3-5-13/h6-9,13,16H,1-5,10-11H2. The van der Waals surface area contributed by atoms with E-state index in [9.17, 15) is 8.42 Å². The van der Waals surface area contributed by atoms with Crippen molar-refractivity contribution in [1.29, 1.82) is 0 Å². The van der Waals surface area contributed by atoms with Crippen LogP contribution in [0.3, 0.4) is 0 Å². The molecule has 0 spiro atoms. The third-order valence-corrected chi connectivity index (χ3v) is 5.61. The predicted molar refractivity (Wildman–Crippen MR) is 81.3 cm³/mol. The van der Waals surface area contributed by atoms with E-state index in [4.69, 9.17) is 0 Å². The third kappa shape index (κ3) is 5.24. The maximum atomic E-state index is 12.0. The Balaban J connectivity index is 1.84. The van der Waals surface area contributed by atoms with Gasteiger partial charge in [-0.15, -0.1) is 0 Å². The Morgan fingerprint density at radius 2 is 1.74 bits per heavy atom. The summed E-state index contributed by atoms with van der Waals surface area (Å²) in [6.07, 6.45) is 5.71. The molecule has 0 radical (unpaired) electrons. The number of sulfonamides is 1. The molecule has 1 aromatic carbocycles. The maximum Gasteiger partial charge on any atom is 0.212 e. The van der Waals surface area contributed by atoms with Gasteiger partial charge in [-0.1, -0.05) is 47.3 Å². The van der Waals surface area contributed by atoms with Gasteiger partial charge in [0.05, 0.1) is 5.75 Å². The molecule has 1 N–H and O–H groups in total. The first-order chi connectivity index (χ1) is 9.05. The molecule has 1 aliphatic carbocycles. The van der Waals surface area contributed by atoms with Crippen LogP contribution in [0, 0.1) is 5.92 Å². The van der Waals surface area contributed by atoms with Crippen molar-refractivity contribution < 1.29 is 8.42 Å².